The Morgan fingerprint density at radius 1 is 1.30 bits per heavy atom. The fourth-order valence-corrected chi connectivity index (χ4v) is 3.88. The Kier molecular flexibility index (Phi) is 4.75. The summed E-state index contributed by atoms with van der Waals surface area (Å²) in [4.78, 5) is 4.38. The third-order valence-corrected chi connectivity index (χ3v) is 6.19. The molecule has 0 aromatic heterocycles. The van der Waals surface area contributed by atoms with Crippen molar-refractivity contribution in [2.45, 2.75) is 30.4 Å². The first-order valence-electron chi connectivity index (χ1n) is 7.89. The molecule has 1 heterocycles. The average molecular weight is 337 g/mol. The van der Waals surface area contributed by atoms with E-state index in [2.05, 4.69) is 10.3 Å². The first-order chi connectivity index (χ1) is 11.1. The molecule has 23 heavy (non-hydrogen) atoms. The van der Waals surface area contributed by atoms with Crippen molar-refractivity contribution in [3.63, 3.8) is 0 Å². The zero-order valence-corrected chi connectivity index (χ0v) is 14.2. The van der Waals surface area contributed by atoms with Gasteiger partial charge in [-0.1, -0.05) is 6.42 Å². The third kappa shape index (κ3) is 3.60. The van der Waals surface area contributed by atoms with E-state index in [-0.39, 0.29) is 4.75 Å². The Hall–Kier alpha value is -1.76. The Labute approximate surface area is 138 Å². The maximum Gasteiger partial charge on any atom is 0.193 e. The van der Waals surface area contributed by atoms with E-state index in [0.717, 1.165) is 37.1 Å². The molecule has 3 N–H and O–H groups in total. The number of guanidine groups is 1. The molecule has 0 radical (unpaired) electrons. The summed E-state index contributed by atoms with van der Waals surface area (Å²) in [5.41, 5.74) is 6.77. The van der Waals surface area contributed by atoms with Crippen LogP contribution < -0.4 is 20.5 Å². The highest BCUT2D eigenvalue weighted by molar-refractivity contribution is 7.85. The van der Waals surface area contributed by atoms with E-state index >= 15 is 0 Å². The van der Waals surface area contributed by atoms with Crippen LogP contribution in [0.2, 0.25) is 0 Å². The molecular formula is C16H23N3O3S. The molecule has 0 saturated heterocycles. The van der Waals surface area contributed by atoms with Gasteiger partial charge in [0, 0.05) is 35.2 Å². The van der Waals surface area contributed by atoms with Crippen LogP contribution in [0.5, 0.6) is 11.5 Å². The fourth-order valence-electron chi connectivity index (χ4n) is 2.77. The van der Waals surface area contributed by atoms with Crippen molar-refractivity contribution >= 4 is 22.4 Å². The fraction of sp³-hybridized carbons (Fsp3) is 0.562. The van der Waals surface area contributed by atoms with E-state index in [0.29, 0.717) is 31.5 Å². The summed E-state index contributed by atoms with van der Waals surface area (Å²) in [6.07, 6.45) is 5.65. The van der Waals surface area contributed by atoms with Crippen LogP contribution in [0.3, 0.4) is 0 Å². The Morgan fingerprint density at radius 2 is 2.04 bits per heavy atom. The lowest BCUT2D eigenvalue weighted by molar-refractivity contribution is 0.297. The van der Waals surface area contributed by atoms with Crippen LogP contribution in [-0.2, 0) is 10.8 Å². The quantitative estimate of drug-likeness (QED) is 0.647. The summed E-state index contributed by atoms with van der Waals surface area (Å²) in [6.45, 7) is 1.81. The number of hydrogen-bond acceptors (Lipinski definition) is 4. The standard InChI is InChI=1S/C16H23N3O3S/c1-23(20)16(6-2-7-16)11-18-15(17)19-12-4-5-13-14(10-12)22-9-3-8-21-13/h4-5,10H,2-3,6-9,11H2,1H3,(H3,17,18,19). The van der Waals surface area contributed by atoms with Gasteiger partial charge in [-0.25, -0.2) is 0 Å². The van der Waals surface area contributed by atoms with Crippen LogP contribution in [0.15, 0.2) is 23.2 Å². The minimum atomic E-state index is -0.876. The van der Waals surface area contributed by atoms with Gasteiger partial charge in [-0.2, -0.15) is 0 Å². The first-order valence-corrected chi connectivity index (χ1v) is 9.45. The second-order valence-corrected chi connectivity index (χ2v) is 7.80. The predicted octanol–water partition coefficient (Wildman–Crippen LogP) is 1.88. The molecule has 2 aliphatic rings. The monoisotopic (exact) mass is 337 g/mol. The van der Waals surface area contributed by atoms with Gasteiger partial charge in [-0.3, -0.25) is 9.20 Å². The van der Waals surface area contributed by atoms with Crippen molar-refractivity contribution in [1.82, 2.24) is 0 Å². The van der Waals surface area contributed by atoms with Crippen LogP contribution in [0, 0.1) is 0 Å². The molecule has 3 rings (SSSR count). The molecule has 1 saturated carbocycles. The number of nitrogens with two attached hydrogens (primary N) is 1. The Bertz CT molecular complexity index is 629. The molecule has 1 aliphatic carbocycles. The summed E-state index contributed by atoms with van der Waals surface area (Å²) >= 11 is 0. The van der Waals surface area contributed by atoms with E-state index in [1.807, 2.05) is 18.2 Å². The SMILES string of the molecule is CS(=O)C1(CN=C(N)Nc2ccc3c(c2)OCCCO3)CCC1. The highest BCUT2D eigenvalue weighted by atomic mass is 32.2. The third-order valence-electron chi connectivity index (χ3n) is 4.43. The lowest BCUT2D eigenvalue weighted by atomic mass is 9.84. The molecule has 7 heteroatoms. The number of nitrogens with one attached hydrogen (secondary N) is 1. The van der Waals surface area contributed by atoms with E-state index in [4.69, 9.17) is 15.2 Å². The molecule has 0 bridgehead atoms. The summed E-state index contributed by atoms with van der Waals surface area (Å²) in [5, 5.41) is 3.07. The molecule has 1 fully saturated rings. The second-order valence-electron chi connectivity index (χ2n) is 6.03. The van der Waals surface area contributed by atoms with Gasteiger partial charge >= 0.3 is 0 Å². The molecule has 1 unspecified atom stereocenters. The number of aliphatic imine (C=N–C) groups is 1. The number of hydrogen-bond donors (Lipinski definition) is 2. The van der Waals surface area contributed by atoms with Crippen molar-refractivity contribution in [1.29, 1.82) is 0 Å². The number of fused-ring (bicyclic) bond motifs is 1. The van der Waals surface area contributed by atoms with Crippen molar-refractivity contribution in [3.8, 4) is 11.5 Å². The van der Waals surface area contributed by atoms with E-state index < -0.39 is 10.8 Å². The summed E-state index contributed by atoms with van der Waals surface area (Å²) < 4.78 is 22.9. The maximum atomic E-state index is 11.9. The van der Waals surface area contributed by atoms with E-state index in [1.165, 1.54) is 0 Å². The molecule has 1 aliphatic heterocycles. The normalized spacial score (nSPS) is 21.0. The first kappa shape index (κ1) is 16.1. The topological polar surface area (TPSA) is 85.9 Å². The van der Waals surface area contributed by atoms with Gasteiger partial charge in [-0.15, -0.1) is 0 Å². The molecule has 126 valence electrons. The highest BCUT2D eigenvalue weighted by Gasteiger charge is 2.40. The Balaban J connectivity index is 1.65. The van der Waals surface area contributed by atoms with Gasteiger partial charge in [0.25, 0.3) is 0 Å². The highest BCUT2D eigenvalue weighted by Crippen LogP contribution is 2.37. The van der Waals surface area contributed by atoms with Crippen molar-refractivity contribution in [3.05, 3.63) is 18.2 Å². The van der Waals surface area contributed by atoms with Gasteiger partial charge in [0.2, 0.25) is 0 Å². The summed E-state index contributed by atoms with van der Waals surface area (Å²) in [6, 6.07) is 5.61. The molecule has 6 nitrogen and oxygen atoms in total. The van der Waals surface area contributed by atoms with Crippen LogP contribution >= 0.6 is 0 Å². The molecule has 1 aromatic carbocycles. The average Bonchev–Trinajstić information content (AvgIpc) is 2.70. The Morgan fingerprint density at radius 3 is 2.70 bits per heavy atom. The van der Waals surface area contributed by atoms with Crippen molar-refractivity contribution < 1.29 is 13.7 Å². The number of ether oxygens (including phenoxy) is 2. The molecule has 0 spiro atoms. The molecule has 0 amide bonds. The van der Waals surface area contributed by atoms with Gasteiger partial charge in [0.1, 0.15) is 0 Å². The molecule has 1 aromatic rings. The summed E-state index contributed by atoms with van der Waals surface area (Å²) in [5.74, 6) is 1.79. The van der Waals surface area contributed by atoms with E-state index in [1.54, 1.807) is 6.26 Å². The lowest BCUT2D eigenvalue weighted by Crippen LogP contribution is -2.44. The molecular weight excluding hydrogens is 314 g/mol. The smallest absolute Gasteiger partial charge is 0.193 e. The number of benzene rings is 1. The minimum Gasteiger partial charge on any atom is -0.490 e. The van der Waals surface area contributed by atoms with E-state index in [9.17, 15) is 4.21 Å². The maximum absolute atomic E-state index is 11.9. The number of rotatable bonds is 4. The van der Waals surface area contributed by atoms with Crippen LogP contribution in [-0.4, -0.2) is 40.9 Å². The minimum absolute atomic E-state index is 0.184. The second kappa shape index (κ2) is 6.78. The largest absolute Gasteiger partial charge is 0.490 e. The number of nitrogens with zero attached hydrogens (tertiary/aromatic N) is 1. The van der Waals surface area contributed by atoms with Gasteiger partial charge in [0.15, 0.2) is 17.5 Å². The van der Waals surface area contributed by atoms with Crippen LogP contribution in [0.4, 0.5) is 5.69 Å². The van der Waals surface area contributed by atoms with Gasteiger partial charge in [0.05, 0.1) is 24.5 Å². The van der Waals surface area contributed by atoms with Gasteiger partial charge < -0.3 is 20.5 Å². The van der Waals surface area contributed by atoms with Crippen LogP contribution in [0.1, 0.15) is 25.7 Å². The zero-order chi connectivity index (χ0) is 16.3. The van der Waals surface area contributed by atoms with Crippen molar-refractivity contribution in [2.24, 2.45) is 10.7 Å². The zero-order valence-electron chi connectivity index (χ0n) is 13.3. The number of anilines is 1. The van der Waals surface area contributed by atoms with Gasteiger partial charge in [-0.05, 0) is 25.0 Å². The summed E-state index contributed by atoms with van der Waals surface area (Å²) in [7, 11) is -0.876. The van der Waals surface area contributed by atoms with Crippen LogP contribution in [0.25, 0.3) is 0 Å². The molecule has 1 atom stereocenters. The van der Waals surface area contributed by atoms with Crippen molar-refractivity contribution in [2.75, 3.05) is 31.3 Å². The predicted molar refractivity (Wildman–Crippen MR) is 92.8 cm³/mol. The lowest BCUT2D eigenvalue weighted by Gasteiger charge is -2.38.